The lowest BCUT2D eigenvalue weighted by molar-refractivity contribution is -0.286. The van der Waals surface area contributed by atoms with E-state index in [2.05, 4.69) is 14.8 Å². The van der Waals surface area contributed by atoms with Gasteiger partial charge in [-0.15, -0.1) is 8.78 Å². The lowest BCUT2D eigenvalue weighted by atomic mass is 9.83. The van der Waals surface area contributed by atoms with Crippen molar-refractivity contribution in [2.45, 2.75) is 57.0 Å². The largest absolute Gasteiger partial charge is 0.586 e. The third-order valence-corrected chi connectivity index (χ3v) is 7.58. The van der Waals surface area contributed by atoms with Crippen molar-refractivity contribution in [3.8, 4) is 11.5 Å². The van der Waals surface area contributed by atoms with Crippen molar-refractivity contribution in [1.29, 1.82) is 0 Å². The number of β-amino-alcohol motifs (C(OH)–C–C–N with tert-alkyl or cyclic N) is 1. The molecule has 37 heavy (non-hydrogen) atoms. The number of ether oxygens (including phenoxy) is 2. The molecule has 2 aliphatic heterocycles. The zero-order valence-electron chi connectivity index (χ0n) is 20.4. The summed E-state index contributed by atoms with van der Waals surface area (Å²) in [5.74, 6) is -1.42. The van der Waals surface area contributed by atoms with Gasteiger partial charge in [-0.2, -0.15) is 0 Å². The molecule has 3 aliphatic rings. The molecule has 1 amide bonds. The molecule has 2 atom stereocenters. The maximum absolute atomic E-state index is 15.3. The summed E-state index contributed by atoms with van der Waals surface area (Å²) in [5.41, 5.74) is 0.103. The number of aliphatic hydroxyl groups is 3. The highest BCUT2D eigenvalue weighted by Crippen LogP contribution is 2.52. The standard InChI is InChI=1S/C26H29F3N2O6/c1-24(2,13-33)22-8-14-7-18(17(27)10-19(14)31(22)11-16(34)12-32)30-23(35)25(5-6-25)15-3-4-20-21(9-15)37-26(28,29)36-20/h3-4,7,9-10,16,22,32-34H,5-6,8,11-13H2,1-2H3,(H,30,35)/t16-,22?/m1/s1. The molecule has 11 heteroatoms. The van der Waals surface area contributed by atoms with Crippen molar-refractivity contribution in [1.82, 2.24) is 0 Å². The number of fused-ring (bicyclic) bond motifs is 2. The van der Waals surface area contributed by atoms with Crippen LogP contribution in [0.3, 0.4) is 0 Å². The summed E-state index contributed by atoms with van der Waals surface area (Å²) in [6.45, 7) is 3.16. The van der Waals surface area contributed by atoms with Gasteiger partial charge in [0.25, 0.3) is 0 Å². The monoisotopic (exact) mass is 522 g/mol. The van der Waals surface area contributed by atoms with Crippen LogP contribution in [0.25, 0.3) is 0 Å². The zero-order valence-corrected chi connectivity index (χ0v) is 20.4. The highest BCUT2D eigenvalue weighted by Gasteiger charge is 2.53. The number of hydrogen-bond acceptors (Lipinski definition) is 7. The van der Waals surface area contributed by atoms with E-state index in [0.717, 1.165) is 5.56 Å². The smallest absolute Gasteiger partial charge is 0.396 e. The summed E-state index contributed by atoms with van der Waals surface area (Å²) < 4.78 is 51.0. The van der Waals surface area contributed by atoms with Crippen molar-refractivity contribution in [2.75, 3.05) is 30.0 Å². The Morgan fingerprint density at radius 3 is 2.54 bits per heavy atom. The van der Waals surface area contributed by atoms with Gasteiger partial charge in [-0.1, -0.05) is 19.9 Å². The second-order valence-electron chi connectivity index (χ2n) is 10.7. The lowest BCUT2D eigenvalue weighted by Gasteiger charge is -2.39. The number of hydrogen-bond donors (Lipinski definition) is 4. The predicted octanol–water partition coefficient (Wildman–Crippen LogP) is 2.92. The van der Waals surface area contributed by atoms with Crippen LogP contribution in [0.5, 0.6) is 11.5 Å². The van der Waals surface area contributed by atoms with Crippen LogP contribution in [-0.4, -0.2) is 59.4 Å². The third kappa shape index (κ3) is 4.49. The number of alkyl halides is 2. The molecule has 0 radical (unpaired) electrons. The number of carbonyl (C=O) groups excluding carboxylic acids is 1. The van der Waals surface area contributed by atoms with E-state index >= 15 is 4.39 Å². The Labute approximate surface area is 211 Å². The number of amides is 1. The van der Waals surface area contributed by atoms with Crippen LogP contribution >= 0.6 is 0 Å². The molecular weight excluding hydrogens is 493 g/mol. The molecule has 1 saturated carbocycles. The average molecular weight is 523 g/mol. The van der Waals surface area contributed by atoms with Gasteiger partial charge in [0.1, 0.15) is 5.82 Å². The van der Waals surface area contributed by atoms with Crippen molar-refractivity contribution in [3.63, 3.8) is 0 Å². The number of aliphatic hydroxyl groups excluding tert-OH is 3. The van der Waals surface area contributed by atoms with Crippen LogP contribution in [-0.2, 0) is 16.6 Å². The number of carbonyl (C=O) groups is 1. The highest BCUT2D eigenvalue weighted by atomic mass is 19.3. The minimum Gasteiger partial charge on any atom is -0.396 e. The molecule has 4 N–H and O–H groups in total. The Kier molecular flexibility index (Phi) is 6.08. The SMILES string of the molecule is CC(C)(CO)C1Cc2cc(NC(=O)C3(c4ccc5c(c4)OC(F)(F)O5)CC3)c(F)cc2N1C[C@@H](O)CO. The van der Waals surface area contributed by atoms with E-state index in [-0.39, 0.29) is 36.4 Å². The summed E-state index contributed by atoms with van der Waals surface area (Å²) in [4.78, 5) is 15.1. The summed E-state index contributed by atoms with van der Waals surface area (Å²) in [5, 5.41) is 32.0. The molecule has 200 valence electrons. The first-order valence-electron chi connectivity index (χ1n) is 12.1. The fraction of sp³-hybridized carbons (Fsp3) is 0.500. The molecule has 8 nitrogen and oxygen atoms in total. The average Bonchev–Trinajstić information content (AvgIpc) is 3.50. The molecule has 0 aromatic heterocycles. The molecule has 0 spiro atoms. The number of nitrogens with zero attached hydrogens (tertiary/aromatic N) is 1. The predicted molar refractivity (Wildman–Crippen MR) is 127 cm³/mol. The lowest BCUT2D eigenvalue weighted by Crippen LogP contribution is -2.48. The van der Waals surface area contributed by atoms with Crippen LogP contribution in [0.1, 0.15) is 37.8 Å². The number of rotatable bonds is 8. The van der Waals surface area contributed by atoms with Crippen LogP contribution in [0, 0.1) is 11.2 Å². The Morgan fingerprint density at radius 2 is 1.89 bits per heavy atom. The van der Waals surface area contributed by atoms with Gasteiger partial charge in [-0.25, -0.2) is 4.39 Å². The van der Waals surface area contributed by atoms with Crippen LogP contribution < -0.4 is 19.7 Å². The van der Waals surface area contributed by atoms with Gasteiger partial charge >= 0.3 is 6.29 Å². The van der Waals surface area contributed by atoms with E-state index in [1.54, 1.807) is 11.0 Å². The van der Waals surface area contributed by atoms with Crippen LogP contribution in [0.15, 0.2) is 30.3 Å². The van der Waals surface area contributed by atoms with Gasteiger partial charge in [0.15, 0.2) is 11.5 Å². The van der Waals surface area contributed by atoms with Crippen LogP contribution in [0.2, 0.25) is 0 Å². The first kappa shape index (κ1) is 25.6. The topological polar surface area (TPSA) is 111 Å². The minimum atomic E-state index is -3.77. The van der Waals surface area contributed by atoms with Gasteiger partial charge < -0.3 is 35.0 Å². The molecule has 2 aromatic carbocycles. The quantitative estimate of drug-likeness (QED) is 0.422. The summed E-state index contributed by atoms with van der Waals surface area (Å²) in [7, 11) is 0. The molecule has 0 saturated heterocycles. The Hall–Kier alpha value is -3.02. The van der Waals surface area contributed by atoms with E-state index in [9.17, 15) is 28.9 Å². The Bertz CT molecular complexity index is 1230. The fourth-order valence-electron chi connectivity index (χ4n) is 5.20. The normalized spacial score (nSPS) is 21.5. The Balaban J connectivity index is 1.40. The first-order chi connectivity index (χ1) is 17.4. The van der Waals surface area contributed by atoms with E-state index in [0.29, 0.717) is 30.5 Å². The van der Waals surface area contributed by atoms with Gasteiger partial charge in [-0.3, -0.25) is 4.79 Å². The maximum Gasteiger partial charge on any atom is 0.586 e. The fourth-order valence-corrected chi connectivity index (χ4v) is 5.20. The Morgan fingerprint density at radius 1 is 1.19 bits per heavy atom. The zero-order chi connectivity index (χ0) is 26.8. The molecule has 1 fully saturated rings. The van der Waals surface area contributed by atoms with Crippen molar-refractivity contribution < 1.29 is 42.8 Å². The number of halogens is 3. The molecule has 5 rings (SSSR count). The summed E-state index contributed by atoms with van der Waals surface area (Å²) in [6.07, 6.45) is -3.47. The minimum absolute atomic E-state index is 0.0209. The molecule has 1 aliphatic carbocycles. The number of benzene rings is 2. The second kappa shape index (κ2) is 8.78. The van der Waals surface area contributed by atoms with Gasteiger partial charge in [0.2, 0.25) is 5.91 Å². The van der Waals surface area contributed by atoms with Gasteiger partial charge in [-0.05, 0) is 54.7 Å². The van der Waals surface area contributed by atoms with E-state index < -0.39 is 41.6 Å². The van der Waals surface area contributed by atoms with Gasteiger partial charge in [0, 0.05) is 23.7 Å². The molecule has 0 bridgehead atoms. The van der Waals surface area contributed by atoms with Crippen molar-refractivity contribution >= 4 is 17.3 Å². The molecule has 1 unspecified atom stereocenters. The molecular formula is C26H29F3N2O6. The number of anilines is 2. The number of nitrogens with one attached hydrogen (secondary N) is 1. The highest BCUT2D eigenvalue weighted by molar-refractivity contribution is 6.02. The van der Waals surface area contributed by atoms with Crippen molar-refractivity contribution in [2.24, 2.45) is 5.41 Å². The molecule has 2 heterocycles. The van der Waals surface area contributed by atoms with Crippen molar-refractivity contribution in [3.05, 3.63) is 47.3 Å². The summed E-state index contributed by atoms with van der Waals surface area (Å²) in [6, 6.07) is 6.76. The summed E-state index contributed by atoms with van der Waals surface area (Å²) >= 11 is 0. The van der Waals surface area contributed by atoms with Crippen LogP contribution in [0.4, 0.5) is 24.5 Å². The third-order valence-electron chi connectivity index (χ3n) is 7.58. The van der Waals surface area contributed by atoms with E-state index in [1.165, 1.54) is 24.3 Å². The maximum atomic E-state index is 15.3. The van der Waals surface area contributed by atoms with E-state index in [4.69, 9.17) is 0 Å². The first-order valence-corrected chi connectivity index (χ1v) is 12.1. The van der Waals surface area contributed by atoms with E-state index in [1.807, 2.05) is 13.8 Å². The van der Waals surface area contributed by atoms with Gasteiger partial charge in [0.05, 0.1) is 30.4 Å². The second-order valence-corrected chi connectivity index (χ2v) is 10.7. The molecule has 2 aromatic rings.